The molecule has 2 N–H and O–H groups in total. The van der Waals surface area contributed by atoms with Crippen LogP contribution in [0.4, 0.5) is 0 Å². The Kier molecular flexibility index (Phi) is 7.35. The highest BCUT2D eigenvalue weighted by molar-refractivity contribution is 7.13. The first-order valence-electron chi connectivity index (χ1n) is 8.35. The number of nitrogens with one attached hydrogen (secondary N) is 2. The minimum absolute atomic E-state index is 0.280. The smallest absolute Gasteiger partial charge is 0.326 e. The second-order valence-corrected chi connectivity index (χ2v) is 6.97. The van der Waals surface area contributed by atoms with Crippen LogP contribution in [0.2, 0.25) is 0 Å². The van der Waals surface area contributed by atoms with Gasteiger partial charge in [-0.2, -0.15) is 0 Å². The summed E-state index contributed by atoms with van der Waals surface area (Å²) in [5.74, 6) is -1.33. The predicted molar refractivity (Wildman–Crippen MR) is 99.8 cm³/mol. The molecule has 1 heterocycles. The second kappa shape index (κ2) is 9.72. The summed E-state index contributed by atoms with van der Waals surface area (Å²) in [7, 11) is 0. The maximum atomic E-state index is 12.2. The Balaban J connectivity index is 1.77. The van der Waals surface area contributed by atoms with Crippen LogP contribution in [0.1, 0.15) is 33.5 Å². The molecule has 1 aromatic carbocycles. The number of benzene rings is 1. The molecule has 0 radical (unpaired) electrons. The molecule has 0 aliphatic rings. The van der Waals surface area contributed by atoms with Crippen LogP contribution in [0, 0.1) is 6.92 Å². The van der Waals surface area contributed by atoms with E-state index in [1.54, 1.807) is 13.0 Å². The van der Waals surface area contributed by atoms with Crippen LogP contribution < -0.4 is 10.6 Å². The van der Waals surface area contributed by atoms with Crippen LogP contribution in [0.5, 0.6) is 0 Å². The van der Waals surface area contributed by atoms with Gasteiger partial charge in [-0.1, -0.05) is 37.3 Å². The number of rotatable bonds is 8. The molecule has 1 atom stereocenters. The minimum atomic E-state index is -0.882. The number of thiophene rings is 1. The fourth-order valence-corrected chi connectivity index (χ4v) is 3.00. The fraction of sp³-hybridized carbons (Fsp3) is 0.316. The number of carbonyl (C=O) groups excluding carboxylic acids is 3. The normalized spacial score (nSPS) is 11.5. The van der Waals surface area contributed by atoms with E-state index in [1.807, 2.05) is 43.3 Å². The van der Waals surface area contributed by atoms with E-state index in [1.165, 1.54) is 11.3 Å². The first-order chi connectivity index (χ1) is 12.5. The molecule has 2 rings (SSSR count). The standard InChI is InChI=1S/C19H22N2O4S/c1-3-15(18(23)20-11-14-7-5-4-6-8-14)25-17(22)12-21-19(24)16-10-9-13(2)26-16/h4-10,15H,3,11-12H2,1-2H3,(H,20,23)(H,21,24). The summed E-state index contributed by atoms with van der Waals surface area (Å²) in [4.78, 5) is 37.6. The maximum Gasteiger partial charge on any atom is 0.326 e. The van der Waals surface area contributed by atoms with Crippen LogP contribution in [-0.4, -0.2) is 30.4 Å². The molecular formula is C19H22N2O4S. The van der Waals surface area contributed by atoms with Crippen molar-refractivity contribution in [2.45, 2.75) is 32.9 Å². The van der Waals surface area contributed by atoms with E-state index in [0.717, 1.165) is 10.4 Å². The van der Waals surface area contributed by atoms with Crippen molar-refractivity contribution in [3.05, 3.63) is 57.8 Å². The molecule has 6 nitrogen and oxygen atoms in total. The average molecular weight is 374 g/mol. The second-order valence-electron chi connectivity index (χ2n) is 5.68. The van der Waals surface area contributed by atoms with E-state index in [2.05, 4.69) is 10.6 Å². The van der Waals surface area contributed by atoms with Gasteiger partial charge in [0.15, 0.2) is 6.10 Å². The fourth-order valence-electron chi connectivity index (χ4n) is 2.22. The number of hydrogen-bond donors (Lipinski definition) is 2. The highest BCUT2D eigenvalue weighted by atomic mass is 32.1. The van der Waals surface area contributed by atoms with E-state index in [4.69, 9.17) is 4.74 Å². The van der Waals surface area contributed by atoms with Gasteiger partial charge in [0.1, 0.15) is 6.54 Å². The molecule has 2 aromatic rings. The molecule has 0 bridgehead atoms. The van der Waals surface area contributed by atoms with Crippen molar-refractivity contribution in [3.8, 4) is 0 Å². The summed E-state index contributed by atoms with van der Waals surface area (Å²) in [6.45, 7) is 3.74. The van der Waals surface area contributed by atoms with E-state index in [-0.39, 0.29) is 18.4 Å². The molecule has 1 unspecified atom stereocenters. The number of ether oxygens (including phenoxy) is 1. The molecular weight excluding hydrogens is 352 g/mol. The van der Waals surface area contributed by atoms with Crippen molar-refractivity contribution in [2.75, 3.05) is 6.54 Å². The average Bonchev–Trinajstić information content (AvgIpc) is 3.09. The van der Waals surface area contributed by atoms with Crippen LogP contribution in [0.3, 0.4) is 0 Å². The quantitative estimate of drug-likeness (QED) is 0.695. The Morgan fingerprint density at radius 2 is 1.81 bits per heavy atom. The Morgan fingerprint density at radius 1 is 1.08 bits per heavy atom. The SMILES string of the molecule is CCC(OC(=O)CNC(=O)c1ccc(C)s1)C(=O)NCc1ccccc1. The number of hydrogen-bond acceptors (Lipinski definition) is 5. The number of amides is 2. The van der Waals surface area contributed by atoms with Gasteiger partial charge in [0.05, 0.1) is 4.88 Å². The molecule has 0 saturated carbocycles. The maximum absolute atomic E-state index is 12.2. The highest BCUT2D eigenvalue weighted by Crippen LogP contribution is 2.14. The Morgan fingerprint density at radius 3 is 2.42 bits per heavy atom. The summed E-state index contributed by atoms with van der Waals surface area (Å²) in [6, 6.07) is 13.0. The molecule has 7 heteroatoms. The van der Waals surface area contributed by atoms with Gasteiger partial charge < -0.3 is 15.4 Å². The lowest BCUT2D eigenvalue weighted by molar-refractivity contribution is -0.155. The van der Waals surface area contributed by atoms with Gasteiger partial charge in [-0.3, -0.25) is 14.4 Å². The zero-order valence-electron chi connectivity index (χ0n) is 14.8. The molecule has 0 aliphatic heterocycles. The van der Waals surface area contributed by atoms with Crippen LogP contribution in [-0.2, 0) is 20.9 Å². The van der Waals surface area contributed by atoms with Crippen molar-refractivity contribution < 1.29 is 19.1 Å². The monoisotopic (exact) mass is 374 g/mol. The Hall–Kier alpha value is -2.67. The van der Waals surface area contributed by atoms with Gasteiger partial charge in [0, 0.05) is 11.4 Å². The topological polar surface area (TPSA) is 84.5 Å². The van der Waals surface area contributed by atoms with Crippen molar-refractivity contribution in [1.82, 2.24) is 10.6 Å². The molecule has 1 aromatic heterocycles. The highest BCUT2D eigenvalue weighted by Gasteiger charge is 2.21. The minimum Gasteiger partial charge on any atom is -0.451 e. The largest absolute Gasteiger partial charge is 0.451 e. The summed E-state index contributed by atoms with van der Waals surface area (Å²) in [5, 5.41) is 5.25. The van der Waals surface area contributed by atoms with Crippen molar-refractivity contribution in [1.29, 1.82) is 0 Å². The van der Waals surface area contributed by atoms with Gasteiger partial charge in [0.2, 0.25) is 0 Å². The summed E-state index contributed by atoms with van der Waals surface area (Å²) in [6.07, 6.45) is -0.531. The third-order valence-corrected chi connectivity index (χ3v) is 4.60. The van der Waals surface area contributed by atoms with Crippen molar-refractivity contribution >= 4 is 29.1 Å². The lowest BCUT2D eigenvalue weighted by atomic mass is 10.2. The summed E-state index contributed by atoms with van der Waals surface area (Å²) in [5.41, 5.74) is 0.959. The van der Waals surface area contributed by atoms with E-state index in [9.17, 15) is 14.4 Å². The van der Waals surface area contributed by atoms with Gasteiger partial charge in [-0.25, -0.2) is 0 Å². The predicted octanol–water partition coefficient (Wildman–Crippen LogP) is 2.42. The first-order valence-corrected chi connectivity index (χ1v) is 9.17. The van der Waals surface area contributed by atoms with Gasteiger partial charge >= 0.3 is 5.97 Å². The van der Waals surface area contributed by atoms with E-state index >= 15 is 0 Å². The van der Waals surface area contributed by atoms with Gasteiger partial charge in [-0.05, 0) is 31.0 Å². The van der Waals surface area contributed by atoms with Crippen molar-refractivity contribution in [3.63, 3.8) is 0 Å². The molecule has 2 amide bonds. The zero-order chi connectivity index (χ0) is 18.9. The van der Waals surface area contributed by atoms with Crippen LogP contribution in [0.15, 0.2) is 42.5 Å². The molecule has 138 valence electrons. The molecule has 26 heavy (non-hydrogen) atoms. The Labute approximate surface area is 156 Å². The number of esters is 1. The number of aryl methyl sites for hydroxylation is 1. The van der Waals surface area contributed by atoms with Crippen LogP contribution >= 0.6 is 11.3 Å². The summed E-state index contributed by atoms with van der Waals surface area (Å²) >= 11 is 1.35. The Bertz CT molecular complexity index is 758. The van der Waals surface area contributed by atoms with Gasteiger partial charge in [-0.15, -0.1) is 11.3 Å². The van der Waals surface area contributed by atoms with E-state index < -0.39 is 12.1 Å². The number of carbonyl (C=O) groups is 3. The summed E-state index contributed by atoms with van der Waals surface area (Å²) < 4.78 is 5.18. The van der Waals surface area contributed by atoms with E-state index in [0.29, 0.717) is 17.8 Å². The van der Waals surface area contributed by atoms with Crippen LogP contribution in [0.25, 0.3) is 0 Å². The zero-order valence-corrected chi connectivity index (χ0v) is 15.6. The third-order valence-electron chi connectivity index (χ3n) is 3.60. The molecule has 0 aliphatic carbocycles. The lowest BCUT2D eigenvalue weighted by Gasteiger charge is -2.16. The lowest BCUT2D eigenvalue weighted by Crippen LogP contribution is -2.39. The molecule has 0 spiro atoms. The molecule has 0 saturated heterocycles. The molecule has 0 fully saturated rings. The first kappa shape index (κ1) is 19.7. The van der Waals surface area contributed by atoms with Crippen molar-refractivity contribution in [2.24, 2.45) is 0 Å². The third kappa shape index (κ3) is 6.00. The van der Waals surface area contributed by atoms with Gasteiger partial charge in [0.25, 0.3) is 11.8 Å².